The molecule has 156 valence electrons. The molecule has 3 aromatic rings. The summed E-state index contributed by atoms with van der Waals surface area (Å²) in [6.45, 7) is 5.10. The lowest BCUT2D eigenvalue weighted by Gasteiger charge is -2.26. The Hall–Kier alpha value is -3.03. The van der Waals surface area contributed by atoms with Gasteiger partial charge in [0.1, 0.15) is 18.7 Å². The molecule has 0 saturated carbocycles. The molecule has 7 nitrogen and oxygen atoms in total. The molecule has 1 aromatic heterocycles. The number of rotatable bonds is 8. The van der Waals surface area contributed by atoms with E-state index in [1.54, 1.807) is 6.07 Å². The fraction of sp³-hybridized carbons (Fsp3) is 0.348. The third kappa shape index (κ3) is 4.93. The van der Waals surface area contributed by atoms with Gasteiger partial charge in [0.25, 0.3) is 5.91 Å². The number of nitrogens with two attached hydrogens (primary N) is 1. The van der Waals surface area contributed by atoms with Crippen molar-refractivity contribution in [3.05, 3.63) is 65.6 Å². The van der Waals surface area contributed by atoms with Gasteiger partial charge in [0.05, 0.1) is 30.0 Å². The summed E-state index contributed by atoms with van der Waals surface area (Å²) in [5.74, 6) is 0.400. The molecule has 1 saturated heterocycles. The summed E-state index contributed by atoms with van der Waals surface area (Å²) in [6.07, 6.45) is 3.04. The summed E-state index contributed by atoms with van der Waals surface area (Å²) >= 11 is 0. The minimum absolute atomic E-state index is 0.423. The third-order valence-electron chi connectivity index (χ3n) is 5.34. The van der Waals surface area contributed by atoms with Crippen LogP contribution in [0.25, 0.3) is 10.9 Å². The molecule has 1 aliphatic rings. The van der Waals surface area contributed by atoms with E-state index >= 15 is 0 Å². The zero-order valence-electron chi connectivity index (χ0n) is 16.9. The first-order valence-corrected chi connectivity index (χ1v) is 10.2. The van der Waals surface area contributed by atoms with Crippen LogP contribution in [-0.2, 0) is 17.6 Å². The number of benzene rings is 2. The molecule has 0 radical (unpaired) electrons. The second-order valence-corrected chi connectivity index (χ2v) is 7.34. The van der Waals surface area contributed by atoms with Crippen LogP contribution in [0.5, 0.6) is 5.75 Å². The molecule has 0 aliphatic carbocycles. The predicted molar refractivity (Wildman–Crippen MR) is 115 cm³/mol. The molecule has 0 spiro atoms. The Bertz CT molecular complexity index is 1020. The Morgan fingerprint density at radius 3 is 2.77 bits per heavy atom. The van der Waals surface area contributed by atoms with Crippen LogP contribution in [0.3, 0.4) is 0 Å². The predicted octanol–water partition coefficient (Wildman–Crippen LogP) is 2.22. The second kappa shape index (κ2) is 9.65. The number of primary amides is 1. The van der Waals surface area contributed by atoms with Crippen molar-refractivity contribution in [2.24, 2.45) is 5.73 Å². The van der Waals surface area contributed by atoms with Crippen LogP contribution in [0.2, 0.25) is 0 Å². The quantitative estimate of drug-likeness (QED) is 0.617. The molecule has 2 aromatic carbocycles. The van der Waals surface area contributed by atoms with Crippen LogP contribution in [0.1, 0.15) is 21.6 Å². The lowest BCUT2D eigenvalue weighted by Crippen LogP contribution is -2.38. The van der Waals surface area contributed by atoms with Gasteiger partial charge in [-0.2, -0.15) is 0 Å². The molecule has 2 heterocycles. The summed E-state index contributed by atoms with van der Waals surface area (Å²) in [5, 5.41) is 0.867. The van der Waals surface area contributed by atoms with Crippen molar-refractivity contribution >= 4 is 16.8 Å². The number of hydrogen-bond acceptors (Lipinski definition) is 6. The van der Waals surface area contributed by atoms with Gasteiger partial charge in [0, 0.05) is 25.0 Å². The van der Waals surface area contributed by atoms with Crippen molar-refractivity contribution in [2.45, 2.75) is 12.8 Å². The van der Waals surface area contributed by atoms with Crippen LogP contribution >= 0.6 is 0 Å². The average molecular weight is 406 g/mol. The molecular formula is C23H26N4O3. The zero-order valence-corrected chi connectivity index (χ0v) is 16.9. The number of morpholine rings is 1. The van der Waals surface area contributed by atoms with E-state index in [-0.39, 0.29) is 0 Å². The molecule has 0 bridgehead atoms. The molecule has 0 unspecified atom stereocenters. The highest BCUT2D eigenvalue weighted by Gasteiger charge is 2.12. The Morgan fingerprint density at radius 1 is 1.10 bits per heavy atom. The van der Waals surface area contributed by atoms with Gasteiger partial charge < -0.3 is 15.2 Å². The largest absolute Gasteiger partial charge is 0.492 e. The molecule has 4 rings (SSSR count). The van der Waals surface area contributed by atoms with Crippen molar-refractivity contribution in [2.75, 3.05) is 39.5 Å². The normalized spacial score (nSPS) is 14.7. The first-order valence-electron chi connectivity index (χ1n) is 10.2. The van der Waals surface area contributed by atoms with Gasteiger partial charge in [-0.15, -0.1) is 0 Å². The van der Waals surface area contributed by atoms with Crippen molar-refractivity contribution in [3.8, 4) is 5.75 Å². The third-order valence-corrected chi connectivity index (χ3v) is 5.34. The van der Waals surface area contributed by atoms with E-state index in [1.165, 1.54) is 11.9 Å². The molecule has 1 fully saturated rings. The Labute approximate surface area is 175 Å². The van der Waals surface area contributed by atoms with E-state index in [0.29, 0.717) is 17.7 Å². The number of ether oxygens (including phenoxy) is 2. The minimum atomic E-state index is -0.479. The molecular weight excluding hydrogens is 380 g/mol. The second-order valence-electron chi connectivity index (χ2n) is 7.34. The van der Waals surface area contributed by atoms with Gasteiger partial charge in [-0.3, -0.25) is 9.69 Å². The monoisotopic (exact) mass is 406 g/mol. The lowest BCUT2D eigenvalue weighted by atomic mass is 10.0. The van der Waals surface area contributed by atoms with Crippen molar-refractivity contribution in [1.82, 2.24) is 14.9 Å². The van der Waals surface area contributed by atoms with Gasteiger partial charge in [-0.25, -0.2) is 9.97 Å². The first-order chi connectivity index (χ1) is 14.7. The topological polar surface area (TPSA) is 90.6 Å². The number of fused-ring (bicyclic) bond motifs is 1. The Balaban J connectivity index is 1.39. The number of carbonyl (C=O) groups excluding carboxylic acids is 1. The van der Waals surface area contributed by atoms with E-state index in [1.807, 2.05) is 24.3 Å². The van der Waals surface area contributed by atoms with Gasteiger partial charge >= 0.3 is 0 Å². The SMILES string of the molecule is NC(=O)c1cccc2c(CCc3cccc(OCCN4CCOCC4)c3)ncnc12. The summed E-state index contributed by atoms with van der Waals surface area (Å²) in [7, 11) is 0. The highest BCUT2D eigenvalue weighted by Crippen LogP contribution is 2.21. The minimum Gasteiger partial charge on any atom is -0.492 e. The van der Waals surface area contributed by atoms with Gasteiger partial charge in [0.2, 0.25) is 0 Å². The van der Waals surface area contributed by atoms with Crippen molar-refractivity contribution in [1.29, 1.82) is 0 Å². The van der Waals surface area contributed by atoms with Crippen LogP contribution < -0.4 is 10.5 Å². The van der Waals surface area contributed by atoms with Crippen LogP contribution in [-0.4, -0.2) is 60.2 Å². The number of para-hydroxylation sites is 1. The van der Waals surface area contributed by atoms with Crippen molar-refractivity contribution < 1.29 is 14.3 Å². The maximum absolute atomic E-state index is 11.7. The van der Waals surface area contributed by atoms with E-state index < -0.39 is 5.91 Å². The van der Waals surface area contributed by atoms with E-state index in [4.69, 9.17) is 15.2 Å². The summed E-state index contributed by atoms with van der Waals surface area (Å²) in [5.41, 5.74) is 8.59. The summed E-state index contributed by atoms with van der Waals surface area (Å²) in [4.78, 5) is 22.7. The molecule has 0 atom stereocenters. The first kappa shape index (κ1) is 20.3. The molecule has 7 heteroatoms. The highest BCUT2D eigenvalue weighted by atomic mass is 16.5. The number of carbonyl (C=O) groups is 1. The maximum Gasteiger partial charge on any atom is 0.250 e. The fourth-order valence-corrected chi connectivity index (χ4v) is 3.71. The highest BCUT2D eigenvalue weighted by molar-refractivity contribution is 6.05. The zero-order chi connectivity index (χ0) is 20.8. The smallest absolute Gasteiger partial charge is 0.250 e. The Kier molecular flexibility index (Phi) is 6.51. The molecule has 2 N–H and O–H groups in total. The van der Waals surface area contributed by atoms with E-state index in [2.05, 4.69) is 27.0 Å². The van der Waals surface area contributed by atoms with Crippen LogP contribution in [0, 0.1) is 0 Å². The van der Waals surface area contributed by atoms with Gasteiger partial charge in [-0.1, -0.05) is 24.3 Å². The number of nitrogens with zero attached hydrogens (tertiary/aromatic N) is 3. The van der Waals surface area contributed by atoms with Gasteiger partial charge in [0.15, 0.2) is 0 Å². The summed E-state index contributed by atoms with van der Waals surface area (Å²) in [6, 6.07) is 13.6. The average Bonchev–Trinajstić information content (AvgIpc) is 2.78. The molecule has 1 aliphatic heterocycles. The van der Waals surface area contributed by atoms with Gasteiger partial charge in [-0.05, 0) is 36.6 Å². The van der Waals surface area contributed by atoms with Crippen LogP contribution in [0.15, 0.2) is 48.8 Å². The molecule has 1 amide bonds. The number of hydrogen-bond donors (Lipinski definition) is 1. The number of aromatic nitrogens is 2. The summed E-state index contributed by atoms with van der Waals surface area (Å²) < 4.78 is 11.3. The molecule has 30 heavy (non-hydrogen) atoms. The standard InChI is InChI=1S/C23H26N4O3/c24-23(28)20-6-2-5-19-21(25-16-26-22(19)20)8-7-17-3-1-4-18(15-17)30-14-11-27-9-12-29-13-10-27/h1-6,15-16H,7-14H2,(H2,24,28). The van der Waals surface area contributed by atoms with Crippen LogP contribution in [0.4, 0.5) is 0 Å². The van der Waals surface area contributed by atoms with E-state index in [0.717, 1.165) is 62.5 Å². The van der Waals surface area contributed by atoms with Crippen molar-refractivity contribution in [3.63, 3.8) is 0 Å². The fourth-order valence-electron chi connectivity index (χ4n) is 3.71. The maximum atomic E-state index is 11.7. The Morgan fingerprint density at radius 2 is 1.93 bits per heavy atom. The lowest BCUT2D eigenvalue weighted by molar-refractivity contribution is 0.0322. The number of amides is 1. The van der Waals surface area contributed by atoms with E-state index in [9.17, 15) is 4.79 Å². The number of aryl methyl sites for hydroxylation is 2.